The summed E-state index contributed by atoms with van der Waals surface area (Å²) < 4.78 is 0. The zero-order valence-corrected chi connectivity index (χ0v) is 10.3. The third-order valence-corrected chi connectivity index (χ3v) is 4.52. The minimum atomic E-state index is 0.392. The van der Waals surface area contributed by atoms with Gasteiger partial charge in [0.2, 0.25) is 0 Å². The Labute approximate surface area is 94.2 Å². The second kappa shape index (κ2) is 4.42. The maximum Gasteiger partial charge on any atom is 0.0336 e. The number of hydrogen-bond acceptors (Lipinski definition) is 2. The second-order valence-corrected chi connectivity index (χ2v) is 5.97. The van der Waals surface area contributed by atoms with Crippen LogP contribution in [0.3, 0.4) is 0 Å². The zero-order valence-electron chi connectivity index (χ0n) is 10.3. The molecule has 0 amide bonds. The van der Waals surface area contributed by atoms with Gasteiger partial charge in [-0.1, -0.05) is 13.8 Å². The van der Waals surface area contributed by atoms with E-state index in [4.69, 9.17) is 5.73 Å². The molecule has 1 unspecified atom stereocenters. The highest BCUT2D eigenvalue weighted by Gasteiger charge is 2.45. The fourth-order valence-corrected chi connectivity index (χ4v) is 3.53. The predicted octanol–water partition coefficient (Wildman–Crippen LogP) is 2.24. The van der Waals surface area contributed by atoms with Crippen molar-refractivity contribution in [1.29, 1.82) is 0 Å². The van der Waals surface area contributed by atoms with Gasteiger partial charge in [0.15, 0.2) is 0 Å². The zero-order chi connectivity index (χ0) is 10.9. The van der Waals surface area contributed by atoms with E-state index >= 15 is 0 Å². The number of rotatable bonds is 2. The Balaban J connectivity index is 1.96. The Hall–Kier alpha value is -0.0800. The van der Waals surface area contributed by atoms with Crippen LogP contribution in [0, 0.1) is 11.8 Å². The fourth-order valence-electron chi connectivity index (χ4n) is 3.53. The Morgan fingerprint density at radius 3 is 2.47 bits per heavy atom. The van der Waals surface area contributed by atoms with Gasteiger partial charge in [-0.3, -0.25) is 4.90 Å². The van der Waals surface area contributed by atoms with Gasteiger partial charge in [-0.25, -0.2) is 0 Å². The van der Waals surface area contributed by atoms with Crippen molar-refractivity contribution in [1.82, 2.24) is 4.90 Å². The van der Waals surface area contributed by atoms with E-state index in [0.29, 0.717) is 5.54 Å². The van der Waals surface area contributed by atoms with E-state index in [1.54, 1.807) is 0 Å². The van der Waals surface area contributed by atoms with Gasteiger partial charge < -0.3 is 5.73 Å². The Bertz CT molecular complexity index is 209. The first kappa shape index (κ1) is 11.4. The van der Waals surface area contributed by atoms with Crippen molar-refractivity contribution in [2.45, 2.75) is 51.5 Å². The molecular formula is C13H26N2. The van der Waals surface area contributed by atoms with Gasteiger partial charge in [0.05, 0.1) is 0 Å². The number of nitrogens with zero attached hydrogens (tertiary/aromatic N) is 1. The topological polar surface area (TPSA) is 29.3 Å². The molecule has 0 aromatic heterocycles. The summed E-state index contributed by atoms with van der Waals surface area (Å²) in [6, 6.07) is 0. The molecule has 1 aliphatic heterocycles. The second-order valence-electron chi connectivity index (χ2n) is 5.97. The van der Waals surface area contributed by atoms with Crippen LogP contribution < -0.4 is 5.73 Å². The van der Waals surface area contributed by atoms with E-state index in [1.807, 2.05) is 0 Å². The van der Waals surface area contributed by atoms with Gasteiger partial charge in [-0.05, 0) is 57.0 Å². The molecule has 0 spiro atoms. The molecule has 1 saturated heterocycles. The van der Waals surface area contributed by atoms with E-state index in [-0.39, 0.29) is 0 Å². The van der Waals surface area contributed by atoms with Gasteiger partial charge in [0.25, 0.3) is 0 Å². The highest BCUT2D eigenvalue weighted by atomic mass is 15.2. The van der Waals surface area contributed by atoms with Crippen LogP contribution in [0.25, 0.3) is 0 Å². The summed E-state index contributed by atoms with van der Waals surface area (Å²) in [5.74, 6) is 1.82. The molecule has 2 N–H and O–H groups in total. The smallest absolute Gasteiger partial charge is 0.0336 e. The van der Waals surface area contributed by atoms with E-state index in [0.717, 1.165) is 18.4 Å². The third kappa shape index (κ3) is 2.21. The molecule has 1 atom stereocenters. The molecule has 2 aliphatic rings. The van der Waals surface area contributed by atoms with Gasteiger partial charge in [0, 0.05) is 12.1 Å². The lowest BCUT2D eigenvalue weighted by atomic mass is 9.68. The van der Waals surface area contributed by atoms with Gasteiger partial charge in [-0.15, -0.1) is 0 Å². The van der Waals surface area contributed by atoms with E-state index in [2.05, 4.69) is 18.7 Å². The Morgan fingerprint density at radius 1 is 1.13 bits per heavy atom. The molecule has 1 heterocycles. The Kier molecular flexibility index (Phi) is 3.36. The summed E-state index contributed by atoms with van der Waals surface area (Å²) in [4.78, 5) is 2.70. The van der Waals surface area contributed by atoms with Crippen LogP contribution in [-0.4, -0.2) is 30.1 Å². The predicted molar refractivity (Wildman–Crippen MR) is 64.8 cm³/mol. The largest absolute Gasteiger partial charge is 0.329 e. The first-order valence-corrected chi connectivity index (χ1v) is 6.61. The van der Waals surface area contributed by atoms with Gasteiger partial charge >= 0.3 is 0 Å². The van der Waals surface area contributed by atoms with Crippen molar-refractivity contribution in [3.8, 4) is 0 Å². The summed E-state index contributed by atoms with van der Waals surface area (Å²) in [5, 5.41) is 0. The summed E-state index contributed by atoms with van der Waals surface area (Å²) in [6.07, 6.45) is 6.82. The lowest BCUT2D eigenvalue weighted by molar-refractivity contribution is -0.0109. The minimum Gasteiger partial charge on any atom is -0.329 e. The van der Waals surface area contributed by atoms with E-state index < -0.39 is 0 Å². The van der Waals surface area contributed by atoms with Gasteiger partial charge in [-0.2, -0.15) is 0 Å². The number of hydrogen-bond donors (Lipinski definition) is 1. The number of likely N-dealkylation sites (tertiary alicyclic amines) is 1. The van der Waals surface area contributed by atoms with Crippen LogP contribution in [0.2, 0.25) is 0 Å². The molecule has 0 aromatic carbocycles. The molecule has 0 aromatic rings. The fraction of sp³-hybridized carbons (Fsp3) is 1.00. The quantitative estimate of drug-likeness (QED) is 0.757. The standard InChI is InChI=1S/C13H26N2/c1-11-4-3-6-15(7-5-11)13(10-14)8-12(2)9-13/h11-12H,3-10,14H2,1-2H3. The van der Waals surface area contributed by atoms with Gasteiger partial charge in [0.1, 0.15) is 0 Å². The SMILES string of the molecule is CC1CCCN(C2(CN)CC(C)C2)CC1. The third-order valence-electron chi connectivity index (χ3n) is 4.52. The van der Waals surface area contributed by atoms with Crippen LogP contribution in [0.1, 0.15) is 46.0 Å². The number of nitrogens with two attached hydrogens (primary N) is 1. The summed E-state index contributed by atoms with van der Waals surface area (Å²) in [7, 11) is 0. The molecule has 88 valence electrons. The highest BCUT2D eigenvalue weighted by Crippen LogP contribution is 2.42. The molecular weight excluding hydrogens is 184 g/mol. The highest BCUT2D eigenvalue weighted by molar-refractivity contribution is 5.02. The average Bonchev–Trinajstić information content (AvgIpc) is 2.38. The van der Waals surface area contributed by atoms with Crippen molar-refractivity contribution in [3.05, 3.63) is 0 Å². The Morgan fingerprint density at radius 2 is 1.87 bits per heavy atom. The molecule has 2 fully saturated rings. The van der Waals surface area contributed by atoms with Crippen LogP contribution in [-0.2, 0) is 0 Å². The lowest BCUT2D eigenvalue weighted by Gasteiger charge is -2.53. The van der Waals surface area contributed by atoms with Crippen LogP contribution in [0.5, 0.6) is 0 Å². The summed E-state index contributed by atoms with van der Waals surface area (Å²) in [6.45, 7) is 8.18. The maximum atomic E-state index is 6.01. The first-order valence-electron chi connectivity index (χ1n) is 6.61. The molecule has 2 nitrogen and oxygen atoms in total. The monoisotopic (exact) mass is 210 g/mol. The molecule has 1 saturated carbocycles. The van der Waals surface area contributed by atoms with Crippen LogP contribution >= 0.6 is 0 Å². The molecule has 0 bridgehead atoms. The van der Waals surface area contributed by atoms with Crippen LogP contribution in [0.4, 0.5) is 0 Å². The van der Waals surface area contributed by atoms with Crippen molar-refractivity contribution in [2.75, 3.05) is 19.6 Å². The first-order chi connectivity index (χ1) is 7.16. The van der Waals surface area contributed by atoms with Crippen molar-refractivity contribution in [3.63, 3.8) is 0 Å². The summed E-state index contributed by atoms with van der Waals surface area (Å²) >= 11 is 0. The van der Waals surface area contributed by atoms with Crippen molar-refractivity contribution >= 4 is 0 Å². The molecule has 15 heavy (non-hydrogen) atoms. The normalized spacial score (nSPS) is 43.4. The maximum absolute atomic E-state index is 6.01. The molecule has 0 radical (unpaired) electrons. The molecule has 2 rings (SSSR count). The van der Waals surface area contributed by atoms with Crippen LogP contribution in [0.15, 0.2) is 0 Å². The lowest BCUT2D eigenvalue weighted by Crippen LogP contribution is -2.61. The van der Waals surface area contributed by atoms with E-state index in [9.17, 15) is 0 Å². The van der Waals surface area contributed by atoms with Crippen molar-refractivity contribution < 1.29 is 0 Å². The minimum absolute atomic E-state index is 0.392. The van der Waals surface area contributed by atoms with E-state index in [1.165, 1.54) is 45.2 Å². The average molecular weight is 210 g/mol. The molecule has 1 aliphatic carbocycles. The molecule has 2 heteroatoms. The van der Waals surface area contributed by atoms with Crippen molar-refractivity contribution in [2.24, 2.45) is 17.6 Å². The summed E-state index contributed by atoms with van der Waals surface area (Å²) in [5.41, 5.74) is 6.40.